The second kappa shape index (κ2) is 6.93. The Morgan fingerprint density at radius 2 is 2.04 bits per heavy atom. The monoisotopic (exact) mass is 370 g/mol. The van der Waals surface area contributed by atoms with Crippen LogP contribution >= 0.6 is 11.6 Å². The second-order valence-electron chi connectivity index (χ2n) is 7.22. The highest BCUT2D eigenvalue weighted by molar-refractivity contribution is 6.31. The molecular formula is C21H23ClN2O2. The SMILES string of the molecule is CN(C)CCCON=C1c2ccc(Cl)cc2OC2(c3ccccc3)CC12. The van der Waals surface area contributed by atoms with Gasteiger partial charge >= 0.3 is 0 Å². The van der Waals surface area contributed by atoms with Gasteiger partial charge in [0.15, 0.2) is 0 Å². The molecule has 0 amide bonds. The van der Waals surface area contributed by atoms with E-state index < -0.39 is 0 Å². The van der Waals surface area contributed by atoms with Crippen LogP contribution in [0.25, 0.3) is 0 Å². The topological polar surface area (TPSA) is 34.1 Å². The first kappa shape index (κ1) is 17.4. The summed E-state index contributed by atoms with van der Waals surface area (Å²) < 4.78 is 6.42. The zero-order valence-corrected chi connectivity index (χ0v) is 15.9. The Hall–Kier alpha value is -2.04. The summed E-state index contributed by atoms with van der Waals surface area (Å²) in [5, 5.41) is 5.18. The van der Waals surface area contributed by atoms with E-state index >= 15 is 0 Å². The highest BCUT2D eigenvalue weighted by Gasteiger charge is 2.64. The molecule has 136 valence electrons. The molecule has 1 fully saturated rings. The first-order chi connectivity index (χ1) is 12.6. The van der Waals surface area contributed by atoms with E-state index in [0.717, 1.165) is 36.4 Å². The van der Waals surface area contributed by atoms with Crippen LogP contribution < -0.4 is 4.74 Å². The summed E-state index contributed by atoms with van der Waals surface area (Å²) in [5.74, 6) is 0.998. The lowest BCUT2D eigenvalue weighted by Crippen LogP contribution is -2.28. The number of nitrogens with zero attached hydrogens (tertiary/aromatic N) is 2. The second-order valence-corrected chi connectivity index (χ2v) is 7.66. The van der Waals surface area contributed by atoms with Crippen molar-refractivity contribution in [3.8, 4) is 5.75 Å². The number of ether oxygens (including phenoxy) is 1. The molecule has 2 unspecified atom stereocenters. The average molecular weight is 371 g/mol. The Kier molecular flexibility index (Phi) is 4.63. The molecule has 2 atom stereocenters. The molecule has 0 radical (unpaired) electrons. The van der Waals surface area contributed by atoms with E-state index in [-0.39, 0.29) is 11.5 Å². The lowest BCUT2D eigenvalue weighted by Gasteiger charge is -2.27. The normalized spacial score (nSPS) is 24.8. The molecule has 0 spiro atoms. The minimum atomic E-state index is -0.342. The van der Waals surface area contributed by atoms with Gasteiger partial charge in [0.2, 0.25) is 0 Å². The van der Waals surface area contributed by atoms with Crippen LogP contribution in [0.5, 0.6) is 5.75 Å². The Labute approximate surface area is 159 Å². The van der Waals surface area contributed by atoms with Crippen molar-refractivity contribution in [1.82, 2.24) is 4.90 Å². The predicted octanol–water partition coefficient (Wildman–Crippen LogP) is 4.32. The molecule has 0 saturated heterocycles. The molecule has 4 rings (SSSR count). The van der Waals surface area contributed by atoms with E-state index in [1.54, 1.807) is 0 Å². The summed E-state index contributed by atoms with van der Waals surface area (Å²) >= 11 is 6.20. The summed E-state index contributed by atoms with van der Waals surface area (Å²) in [4.78, 5) is 7.80. The molecule has 0 aromatic heterocycles. The van der Waals surface area contributed by atoms with Crippen molar-refractivity contribution in [2.24, 2.45) is 11.1 Å². The minimum Gasteiger partial charge on any atom is -0.481 e. The molecule has 4 nitrogen and oxygen atoms in total. The Balaban J connectivity index is 1.61. The summed E-state index contributed by atoms with van der Waals surface area (Å²) in [6, 6.07) is 16.1. The number of halogens is 1. The summed E-state index contributed by atoms with van der Waals surface area (Å²) in [7, 11) is 4.12. The molecule has 0 N–H and O–H groups in total. The Morgan fingerprint density at radius 3 is 2.81 bits per heavy atom. The molecule has 2 aliphatic rings. The Morgan fingerprint density at radius 1 is 1.23 bits per heavy atom. The van der Waals surface area contributed by atoms with E-state index in [0.29, 0.717) is 11.6 Å². The molecule has 26 heavy (non-hydrogen) atoms. The van der Waals surface area contributed by atoms with Gasteiger partial charge in [-0.3, -0.25) is 0 Å². The maximum atomic E-state index is 6.42. The molecule has 2 aromatic carbocycles. The van der Waals surface area contributed by atoms with Crippen LogP contribution in [0.15, 0.2) is 53.7 Å². The maximum Gasteiger partial charge on any atom is 0.143 e. The van der Waals surface area contributed by atoms with E-state index in [2.05, 4.69) is 36.3 Å². The molecule has 2 aromatic rings. The van der Waals surface area contributed by atoms with Crippen LogP contribution in [-0.2, 0) is 10.4 Å². The molecule has 1 aliphatic heterocycles. The van der Waals surface area contributed by atoms with Crippen molar-refractivity contribution in [2.45, 2.75) is 18.4 Å². The van der Waals surface area contributed by atoms with Gasteiger partial charge in [0, 0.05) is 23.6 Å². The van der Waals surface area contributed by atoms with E-state index in [4.69, 9.17) is 21.2 Å². The van der Waals surface area contributed by atoms with Gasteiger partial charge in [-0.25, -0.2) is 0 Å². The zero-order chi connectivity index (χ0) is 18.1. The van der Waals surface area contributed by atoms with Crippen LogP contribution in [0, 0.1) is 5.92 Å². The summed E-state index contributed by atoms with van der Waals surface area (Å²) in [6.45, 7) is 1.59. The van der Waals surface area contributed by atoms with Crippen molar-refractivity contribution in [1.29, 1.82) is 0 Å². The highest BCUT2D eigenvalue weighted by atomic mass is 35.5. The van der Waals surface area contributed by atoms with Crippen molar-refractivity contribution < 1.29 is 9.57 Å². The molecule has 1 saturated carbocycles. The third-order valence-electron chi connectivity index (χ3n) is 5.02. The molecule has 5 heteroatoms. The van der Waals surface area contributed by atoms with Gasteiger partial charge in [0.05, 0.1) is 11.6 Å². The number of fused-ring (bicyclic) bond motifs is 2. The predicted molar refractivity (Wildman–Crippen MR) is 104 cm³/mol. The largest absolute Gasteiger partial charge is 0.481 e. The molecule has 1 heterocycles. The van der Waals surface area contributed by atoms with Gasteiger partial charge < -0.3 is 14.5 Å². The standard InChI is InChI=1S/C21H23ClN2O2/c1-24(2)11-6-12-25-23-20-17-10-9-16(22)13-19(17)26-21(14-18(20)21)15-7-4-3-5-8-15/h3-5,7-10,13,18H,6,11-12,14H2,1-2H3. The number of hydrogen-bond acceptors (Lipinski definition) is 4. The molecule has 0 bridgehead atoms. The van der Waals surface area contributed by atoms with Gasteiger partial charge in [-0.15, -0.1) is 0 Å². The lowest BCUT2D eigenvalue weighted by molar-refractivity contribution is 0.129. The van der Waals surface area contributed by atoms with Gasteiger partial charge in [-0.2, -0.15) is 0 Å². The van der Waals surface area contributed by atoms with Gasteiger partial charge in [0.1, 0.15) is 18.0 Å². The third kappa shape index (κ3) is 3.19. The van der Waals surface area contributed by atoms with Crippen LogP contribution in [0.2, 0.25) is 5.02 Å². The van der Waals surface area contributed by atoms with Crippen molar-refractivity contribution >= 4 is 17.3 Å². The number of benzene rings is 2. The van der Waals surface area contributed by atoms with Crippen molar-refractivity contribution in [3.05, 3.63) is 64.7 Å². The van der Waals surface area contributed by atoms with E-state index in [9.17, 15) is 0 Å². The number of oxime groups is 1. The quantitative estimate of drug-likeness (QED) is 0.561. The number of rotatable bonds is 6. The zero-order valence-electron chi connectivity index (χ0n) is 15.1. The van der Waals surface area contributed by atoms with E-state index in [1.807, 2.05) is 36.4 Å². The lowest BCUT2D eigenvalue weighted by atomic mass is 9.96. The molecular weight excluding hydrogens is 348 g/mol. The third-order valence-corrected chi connectivity index (χ3v) is 5.25. The highest BCUT2D eigenvalue weighted by Crippen LogP contribution is 2.60. The van der Waals surface area contributed by atoms with Crippen LogP contribution in [0.3, 0.4) is 0 Å². The first-order valence-corrected chi connectivity index (χ1v) is 9.37. The summed E-state index contributed by atoms with van der Waals surface area (Å²) in [5.41, 5.74) is 2.79. The van der Waals surface area contributed by atoms with Crippen molar-refractivity contribution in [3.63, 3.8) is 0 Å². The maximum absolute atomic E-state index is 6.42. The number of hydrogen-bond donors (Lipinski definition) is 0. The van der Waals surface area contributed by atoms with Gasteiger partial charge in [0.25, 0.3) is 0 Å². The smallest absolute Gasteiger partial charge is 0.143 e. The van der Waals surface area contributed by atoms with Crippen LogP contribution in [0.1, 0.15) is 24.0 Å². The minimum absolute atomic E-state index is 0.215. The fraction of sp³-hybridized carbons (Fsp3) is 0.381. The first-order valence-electron chi connectivity index (χ1n) is 8.99. The average Bonchev–Trinajstić information content (AvgIpc) is 3.36. The Bertz CT molecular complexity index is 822. The van der Waals surface area contributed by atoms with Crippen molar-refractivity contribution in [2.75, 3.05) is 27.2 Å². The summed E-state index contributed by atoms with van der Waals surface area (Å²) in [6.07, 6.45) is 1.85. The van der Waals surface area contributed by atoms with Gasteiger partial charge in [-0.1, -0.05) is 47.1 Å². The van der Waals surface area contributed by atoms with Crippen LogP contribution in [0.4, 0.5) is 0 Å². The molecule has 1 aliphatic carbocycles. The van der Waals surface area contributed by atoms with Crippen LogP contribution in [-0.4, -0.2) is 37.9 Å². The fourth-order valence-corrected chi connectivity index (χ4v) is 3.78. The van der Waals surface area contributed by atoms with Gasteiger partial charge in [-0.05, 0) is 44.3 Å². The van der Waals surface area contributed by atoms with E-state index in [1.165, 1.54) is 5.56 Å². The fourth-order valence-electron chi connectivity index (χ4n) is 3.62.